The average molecular weight is 533 g/mol. The maximum absolute atomic E-state index is 13.1. The summed E-state index contributed by atoms with van der Waals surface area (Å²) in [6.45, 7) is 6.62. The Kier molecular flexibility index (Phi) is 9.23. The summed E-state index contributed by atoms with van der Waals surface area (Å²) < 4.78 is 34.7. The van der Waals surface area contributed by atoms with Crippen LogP contribution in [0.2, 0.25) is 0 Å². The minimum atomic E-state index is -3.16. The lowest BCUT2D eigenvalue weighted by Gasteiger charge is -2.49. The Morgan fingerprint density at radius 1 is 1.00 bits per heavy atom. The molecule has 8 heteroatoms. The van der Waals surface area contributed by atoms with Crippen LogP contribution in [0.5, 0.6) is 0 Å². The summed E-state index contributed by atoms with van der Waals surface area (Å²) >= 11 is 0. The molecule has 4 fully saturated rings. The maximum Gasteiger partial charge on any atom is 0.214 e. The molecule has 0 bridgehead atoms. The largest absolute Gasteiger partial charge is 0.369 e. The molecule has 3 aliphatic heterocycles. The number of hydrogen-bond acceptors (Lipinski definition) is 6. The van der Waals surface area contributed by atoms with E-state index < -0.39 is 10.0 Å². The summed E-state index contributed by atoms with van der Waals surface area (Å²) in [7, 11) is -3.16. The van der Waals surface area contributed by atoms with Crippen molar-refractivity contribution in [1.29, 1.82) is 0 Å². The number of sulfonamides is 1. The molecular formula is C29H48N4O3S. The summed E-state index contributed by atoms with van der Waals surface area (Å²) in [6.07, 6.45) is 18.1. The van der Waals surface area contributed by atoms with Gasteiger partial charge in [0.15, 0.2) is 0 Å². The van der Waals surface area contributed by atoms with Crippen molar-refractivity contribution in [1.82, 2.24) is 19.5 Å². The summed E-state index contributed by atoms with van der Waals surface area (Å²) in [5.74, 6) is 0.299. The number of aromatic nitrogens is 1. The second-order valence-corrected chi connectivity index (χ2v) is 14.2. The number of likely N-dealkylation sites (tertiary alicyclic amines) is 1. The quantitative estimate of drug-likeness (QED) is 0.484. The molecule has 1 spiro atoms. The van der Waals surface area contributed by atoms with E-state index in [1.54, 1.807) is 4.31 Å². The first kappa shape index (κ1) is 27.5. The summed E-state index contributed by atoms with van der Waals surface area (Å²) in [5, 5.41) is 3.54. The summed E-state index contributed by atoms with van der Waals surface area (Å²) in [5.41, 5.74) is 1.20. The van der Waals surface area contributed by atoms with Gasteiger partial charge in [-0.25, -0.2) is 12.7 Å². The maximum atomic E-state index is 13.1. The molecule has 3 saturated heterocycles. The molecule has 1 aromatic heterocycles. The Balaban J connectivity index is 1.13. The number of nitrogens with zero attached hydrogens (tertiary/aromatic N) is 3. The predicted octanol–water partition coefficient (Wildman–Crippen LogP) is 4.30. The molecule has 1 N–H and O–H groups in total. The molecule has 1 saturated carbocycles. The first-order valence-corrected chi connectivity index (χ1v) is 16.6. The fourth-order valence-electron chi connectivity index (χ4n) is 7.26. The van der Waals surface area contributed by atoms with E-state index in [1.807, 2.05) is 18.5 Å². The number of hydrogen-bond donors (Lipinski definition) is 1. The Morgan fingerprint density at radius 2 is 1.78 bits per heavy atom. The number of rotatable bonds is 10. The minimum Gasteiger partial charge on any atom is -0.369 e. The van der Waals surface area contributed by atoms with Crippen LogP contribution in [-0.2, 0) is 20.4 Å². The highest BCUT2D eigenvalue weighted by molar-refractivity contribution is 7.89. The van der Waals surface area contributed by atoms with Crippen molar-refractivity contribution in [2.45, 2.75) is 95.1 Å². The van der Waals surface area contributed by atoms with Crippen molar-refractivity contribution in [3.63, 3.8) is 0 Å². The molecule has 1 unspecified atom stereocenters. The van der Waals surface area contributed by atoms with Gasteiger partial charge in [-0.3, -0.25) is 4.98 Å². The SMILES string of the molecule is O=S(=O)(CCCC1CCCCN1)N1CCC2(CC1)CCC(OCCN1CCCC1)(c1cccnc1)CC2. The predicted molar refractivity (Wildman–Crippen MR) is 148 cm³/mol. The van der Waals surface area contributed by atoms with Crippen LogP contribution in [0.25, 0.3) is 0 Å². The molecule has 0 radical (unpaired) electrons. The molecule has 1 atom stereocenters. The first-order valence-electron chi connectivity index (χ1n) is 15.0. The van der Waals surface area contributed by atoms with Crippen molar-refractivity contribution >= 4 is 10.0 Å². The Bertz CT molecular complexity index is 927. The van der Waals surface area contributed by atoms with Gasteiger partial charge in [-0.05, 0) is 108 Å². The molecule has 37 heavy (non-hydrogen) atoms. The van der Waals surface area contributed by atoms with E-state index in [-0.39, 0.29) is 11.0 Å². The molecule has 1 aliphatic carbocycles. The smallest absolute Gasteiger partial charge is 0.214 e. The van der Waals surface area contributed by atoms with E-state index in [4.69, 9.17) is 4.74 Å². The Morgan fingerprint density at radius 3 is 2.46 bits per heavy atom. The zero-order valence-electron chi connectivity index (χ0n) is 22.7. The van der Waals surface area contributed by atoms with Gasteiger partial charge in [0, 0.05) is 43.6 Å². The Hall–Kier alpha value is -1.06. The van der Waals surface area contributed by atoms with E-state index in [2.05, 4.69) is 21.3 Å². The van der Waals surface area contributed by atoms with Gasteiger partial charge in [-0.2, -0.15) is 0 Å². The number of pyridine rings is 1. The second-order valence-electron chi connectivity index (χ2n) is 12.1. The highest BCUT2D eigenvalue weighted by atomic mass is 32.2. The highest BCUT2D eigenvalue weighted by Gasteiger charge is 2.46. The van der Waals surface area contributed by atoms with E-state index in [0.29, 0.717) is 24.9 Å². The standard InChI is InChI=1S/C29H48N4O3S/c34-37(35,24-6-9-27-8-1-2-17-31-27)33-20-14-28(15-21-33)10-12-29(13-11-28,26-7-5-16-30-25-26)36-23-22-32-18-3-4-19-32/h5,7,16,25,27,31H,1-4,6,8-15,17-24H2. The lowest BCUT2D eigenvalue weighted by molar-refractivity contribution is -0.108. The van der Waals surface area contributed by atoms with Gasteiger partial charge in [0.2, 0.25) is 10.0 Å². The van der Waals surface area contributed by atoms with Gasteiger partial charge in [0.05, 0.1) is 18.0 Å². The fourth-order valence-corrected chi connectivity index (χ4v) is 8.79. The highest BCUT2D eigenvalue weighted by Crippen LogP contribution is 2.52. The zero-order chi connectivity index (χ0) is 25.6. The number of ether oxygens (including phenoxy) is 1. The lowest BCUT2D eigenvalue weighted by atomic mass is 9.63. The number of nitrogens with one attached hydrogen (secondary N) is 1. The van der Waals surface area contributed by atoms with Crippen molar-refractivity contribution in [2.75, 3.05) is 51.6 Å². The second kappa shape index (κ2) is 12.4. The van der Waals surface area contributed by atoms with Crippen LogP contribution in [0, 0.1) is 5.41 Å². The van der Waals surface area contributed by atoms with E-state index >= 15 is 0 Å². The molecule has 0 amide bonds. The van der Waals surface area contributed by atoms with E-state index in [9.17, 15) is 8.42 Å². The normalized spacial score (nSPS) is 27.0. The van der Waals surface area contributed by atoms with Gasteiger partial charge in [0.1, 0.15) is 0 Å². The van der Waals surface area contributed by atoms with E-state index in [0.717, 1.165) is 71.1 Å². The van der Waals surface area contributed by atoms with Crippen molar-refractivity contribution < 1.29 is 13.2 Å². The molecule has 7 nitrogen and oxygen atoms in total. The first-order chi connectivity index (χ1) is 18.0. The summed E-state index contributed by atoms with van der Waals surface area (Å²) in [6, 6.07) is 4.71. The minimum absolute atomic E-state index is 0.252. The molecule has 208 valence electrons. The van der Waals surface area contributed by atoms with Gasteiger partial charge < -0.3 is 15.0 Å². The molecule has 4 heterocycles. The van der Waals surface area contributed by atoms with Crippen LogP contribution in [0.15, 0.2) is 24.5 Å². The molecule has 4 aliphatic rings. The van der Waals surface area contributed by atoms with Crippen LogP contribution < -0.4 is 5.32 Å². The van der Waals surface area contributed by atoms with Crippen molar-refractivity contribution in [2.24, 2.45) is 5.41 Å². The van der Waals surface area contributed by atoms with Gasteiger partial charge >= 0.3 is 0 Å². The van der Waals surface area contributed by atoms with Crippen LogP contribution in [0.1, 0.15) is 89.0 Å². The summed E-state index contributed by atoms with van der Waals surface area (Å²) in [4.78, 5) is 6.93. The van der Waals surface area contributed by atoms with Gasteiger partial charge in [-0.15, -0.1) is 0 Å². The monoisotopic (exact) mass is 532 g/mol. The zero-order valence-corrected chi connectivity index (χ0v) is 23.5. The Labute approximate surface area is 224 Å². The van der Waals surface area contributed by atoms with E-state index in [1.165, 1.54) is 50.8 Å². The third kappa shape index (κ3) is 6.93. The van der Waals surface area contributed by atoms with Gasteiger partial charge in [-0.1, -0.05) is 12.5 Å². The average Bonchev–Trinajstić information content (AvgIpc) is 3.45. The number of piperidine rings is 2. The van der Waals surface area contributed by atoms with Crippen molar-refractivity contribution in [3.8, 4) is 0 Å². The third-order valence-corrected chi connectivity index (χ3v) is 11.8. The van der Waals surface area contributed by atoms with Crippen LogP contribution in [0.4, 0.5) is 0 Å². The van der Waals surface area contributed by atoms with Crippen LogP contribution >= 0.6 is 0 Å². The van der Waals surface area contributed by atoms with Crippen LogP contribution in [0.3, 0.4) is 0 Å². The topological polar surface area (TPSA) is 74.8 Å². The van der Waals surface area contributed by atoms with Crippen LogP contribution in [-0.4, -0.2) is 80.3 Å². The third-order valence-electron chi connectivity index (χ3n) is 9.83. The fraction of sp³-hybridized carbons (Fsp3) is 0.828. The molecule has 5 rings (SSSR count). The van der Waals surface area contributed by atoms with Gasteiger partial charge in [0.25, 0.3) is 0 Å². The molecule has 0 aromatic carbocycles. The molecule has 1 aromatic rings. The lowest BCUT2D eigenvalue weighted by Crippen LogP contribution is -2.48. The molecular weight excluding hydrogens is 484 g/mol. The van der Waals surface area contributed by atoms with Crippen molar-refractivity contribution in [3.05, 3.63) is 30.1 Å².